The molecule has 0 saturated carbocycles. The number of hydrogen-bond donors (Lipinski definition) is 2. The fraction of sp³-hybridized carbons (Fsp3) is 0.391. The lowest BCUT2D eigenvalue weighted by atomic mass is 10.2. The second kappa shape index (κ2) is 13.2. The van der Waals surface area contributed by atoms with Gasteiger partial charge in [0.05, 0.1) is 18.8 Å². The van der Waals surface area contributed by atoms with Crippen molar-refractivity contribution in [3.05, 3.63) is 66.4 Å². The first-order chi connectivity index (χ1) is 14.7. The molecule has 2 aromatic heterocycles. The van der Waals surface area contributed by atoms with E-state index >= 15 is 0 Å². The van der Waals surface area contributed by atoms with E-state index in [9.17, 15) is 0 Å². The Bertz CT molecular complexity index is 892. The largest absolute Gasteiger partial charge is 0.468 e. The summed E-state index contributed by atoms with van der Waals surface area (Å²) >= 11 is 0. The van der Waals surface area contributed by atoms with Crippen LogP contribution in [0.25, 0.3) is 11.5 Å². The van der Waals surface area contributed by atoms with Crippen molar-refractivity contribution in [2.24, 2.45) is 4.99 Å². The highest BCUT2D eigenvalue weighted by Gasteiger charge is 2.20. The average molecular weight is 537 g/mol. The third kappa shape index (κ3) is 7.10. The predicted octanol–water partition coefficient (Wildman–Crippen LogP) is 4.69. The summed E-state index contributed by atoms with van der Waals surface area (Å²) in [6, 6.07) is 14.0. The highest BCUT2D eigenvalue weighted by Crippen LogP contribution is 2.20. The molecule has 0 saturated heterocycles. The molecule has 0 fully saturated rings. The van der Waals surface area contributed by atoms with Crippen LogP contribution in [0.3, 0.4) is 0 Å². The Labute approximate surface area is 201 Å². The van der Waals surface area contributed by atoms with Gasteiger partial charge < -0.3 is 19.5 Å². The summed E-state index contributed by atoms with van der Waals surface area (Å²) in [6.45, 7) is 10.2. The van der Waals surface area contributed by atoms with Crippen LogP contribution in [0.1, 0.15) is 38.3 Å². The highest BCUT2D eigenvalue weighted by molar-refractivity contribution is 14.0. The third-order valence-corrected chi connectivity index (χ3v) is 4.90. The number of nitrogens with one attached hydrogen (secondary N) is 2. The number of halogens is 1. The van der Waals surface area contributed by atoms with Gasteiger partial charge in [-0.15, -0.1) is 24.0 Å². The molecule has 0 amide bonds. The van der Waals surface area contributed by atoms with E-state index in [1.165, 1.54) is 0 Å². The van der Waals surface area contributed by atoms with Crippen LogP contribution in [-0.4, -0.2) is 42.0 Å². The molecule has 2 N–H and O–H groups in total. The van der Waals surface area contributed by atoms with Crippen molar-refractivity contribution in [1.82, 2.24) is 20.5 Å². The van der Waals surface area contributed by atoms with E-state index in [0.717, 1.165) is 42.6 Å². The molecular weight excluding hydrogens is 505 g/mol. The Morgan fingerprint density at radius 2 is 1.81 bits per heavy atom. The van der Waals surface area contributed by atoms with Gasteiger partial charge >= 0.3 is 0 Å². The number of aliphatic imine (C=N–C) groups is 1. The Hall–Kier alpha value is -2.33. The predicted molar refractivity (Wildman–Crippen MR) is 135 cm³/mol. The maximum absolute atomic E-state index is 5.68. The second-order valence-corrected chi connectivity index (χ2v) is 6.84. The van der Waals surface area contributed by atoms with E-state index in [1.54, 1.807) is 12.5 Å². The zero-order chi connectivity index (χ0) is 21.2. The van der Waals surface area contributed by atoms with Gasteiger partial charge in [0.2, 0.25) is 5.89 Å². The first kappa shape index (κ1) is 24.9. The molecule has 0 bridgehead atoms. The van der Waals surface area contributed by atoms with Gasteiger partial charge in [-0.2, -0.15) is 0 Å². The summed E-state index contributed by atoms with van der Waals surface area (Å²) in [6.07, 6.45) is 3.39. The van der Waals surface area contributed by atoms with Gasteiger partial charge in [0.15, 0.2) is 5.96 Å². The van der Waals surface area contributed by atoms with E-state index in [4.69, 9.17) is 8.83 Å². The van der Waals surface area contributed by atoms with Gasteiger partial charge in [-0.05, 0) is 44.3 Å². The minimum absolute atomic E-state index is 0. The van der Waals surface area contributed by atoms with Crippen molar-refractivity contribution < 1.29 is 8.83 Å². The topological polar surface area (TPSA) is 78.8 Å². The maximum Gasteiger partial charge on any atom is 0.226 e. The lowest BCUT2D eigenvalue weighted by molar-refractivity contribution is 0.193. The van der Waals surface area contributed by atoms with E-state index in [-0.39, 0.29) is 30.0 Å². The SMILES string of the molecule is CCNC(=NCc1coc(-c2ccccc2)n1)NCC(c1ccco1)N(CC)CC.I. The number of guanidine groups is 1. The fourth-order valence-corrected chi connectivity index (χ4v) is 3.34. The van der Waals surface area contributed by atoms with Crippen molar-refractivity contribution in [2.45, 2.75) is 33.4 Å². The molecule has 0 aliphatic heterocycles. The average Bonchev–Trinajstić information content (AvgIpc) is 3.48. The van der Waals surface area contributed by atoms with Crippen LogP contribution in [0.2, 0.25) is 0 Å². The number of rotatable bonds is 10. The number of likely N-dealkylation sites (N-methyl/N-ethyl adjacent to an activating group) is 1. The first-order valence-corrected chi connectivity index (χ1v) is 10.5. The summed E-state index contributed by atoms with van der Waals surface area (Å²) in [5.74, 6) is 2.30. The second-order valence-electron chi connectivity index (χ2n) is 6.84. The van der Waals surface area contributed by atoms with Gasteiger partial charge in [0.1, 0.15) is 17.7 Å². The molecule has 0 radical (unpaired) electrons. The normalized spacial score (nSPS) is 12.5. The molecule has 0 aliphatic carbocycles. The molecule has 2 heterocycles. The van der Waals surface area contributed by atoms with Crippen molar-refractivity contribution in [2.75, 3.05) is 26.2 Å². The van der Waals surface area contributed by atoms with Crippen molar-refractivity contribution >= 4 is 29.9 Å². The molecule has 168 valence electrons. The standard InChI is InChI=1S/C23H31N5O2.HI/c1-4-24-23(26-16-20(28(5-2)6-3)21-13-10-14-29-21)25-15-19-17-30-22(27-19)18-11-8-7-9-12-18;/h7-14,17,20H,4-6,15-16H2,1-3H3,(H2,24,25,26);1H. The summed E-state index contributed by atoms with van der Waals surface area (Å²) in [7, 11) is 0. The monoisotopic (exact) mass is 537 g/mol. The lowest BCUT2D eigenvalue weighted by Crippen LogP contribution is -2.43. The number of nitrogens with zero attached hydrogens (tertiary/aromatic N) is 3. The van der Waals surface area contributed by atoms with E-state index < -0.39 is 0 Å². The molecule has 8 heteroatoms. The third-order valence-electron chi connectivity index (χ3n) is 4.90. The Morgan fingerprint density at radius 3 is 2.45 bits per heavy atom. The Morgan fingerprint density at radius 1 is 1.03 bits per heavy atom. The summed E-state index contributed by atoms with van der Waals surface area (Å²) < 4.78 is 11.3. The van der Waals surface area contributed by atoms with Crippen molar-refractivity contribution in [3.63, 3.8) is 0 Å². The zero-order valence-electron chi connectivity index (χ0n) is 18.4. The molecule has 0 aliphatic rings. The van der Waals surface area contributed by atoms with Crippen molar-refractivity contribution in [1.29, 1.82) is 0 Å². The quantitative estimate of drug-likeness (QED) is 0.222. The molecular formula is C23H32IN5O2. The molecule has 1 atom stereocenters. The minimum Gasteiger partial charge on any atom is -0.468 e. The molecule has 7 nitrogen and oxygen atoms in total. The van der Waals surface area contributed by atoms with Crippen molar-refractivity contribution in [3.8, 4) is 11.5 Å². The van der Waals surface area contributed by atoms with Gasteiger partial charge in [0, 0.05) is 18.7 Å². The minimum atomic E-state index is 0. The van der Waals surface area contributed by atoms with Gasteiger partial charge in [-0.3, -0.25) is 4.90 Å². The fourth-order valence-electron chi connectivity index (χ4n) is 3.34. The van der Waals surface area contributed by atoms with Crippen LogP contribution < -0.4 is 10.6 Å². The van der Waals surface area contributed by atoms with Gasteiger partial charge in [-0.1, -0.05) is 32.0 Å². The molecule has 3 aromatic rings. The van der Waals surface area contributed by atoms with Crippen LogP contribution >= 0.6 is 24.0 Å². The molecule has 3 rings (SSSR count). The van der Waals surface area contributed by atoms with Gasteiger partial charge in [0.25, 0.3) is 0 Å². The molecule has 0 spiro atoms. The smallest absolute Gasteiger partial charge is 0.226 e. The number of furan rings is 1. The lowest BCUT2D eigenvalue weighted by Gasteiger charge is -2.28. The number of benzene rings is 1. The number of oxazole rings is 1. The summed E-state index contributed by atoms with van der Waals surface area (Å²) in [4.78, 5) is 11.6. The van der Waals surface area contributed by atoms with Crippen LogP contribution in [0.15, 0.2) is 68.8 Å². The van der Waals surface area contributed by atoms with Gasteiger partial charge in [-0.25, -0.2) is 9.98 Å². The molecule has 1 aromatic carbocycles. The zero-order valence-corrected chi connectivity index (χ0v) is 20.7. The maximum atomic E-state index is 5.68. The van der Waals surface area contributed by atoms with E-state index in [1.807, 2.05) is 42.5 Å². The van der Waals surface area contributed by atoms with E-state index in [0.29, 0.717) is 19.0 Å². The highest BCUT2D eigenvalue weighted by atomic mass is 127. The van der Waals surface area contributed by atoms with Crippen LogP contribution in [0, 0.1) is 0 Å². The van der Waals surface area contributed by atoms with Crippen LogP contribution in [0.4, 0.5) is 0 Å². The number of hydrogen-bond acceptors (Lipinski definition) is 5. The molecule has 1 unspecified atom stereocenters. The Balaban J connectivity index is 0.00000341. The van der Waals surface area contributed by atoms with Crippen LogP contribution in [-0.2, 0) is 6.54 Å². The van der Waals surface area contributed by atoms with Crippen LogP contribution in [0.5, 0.6) is 0 Å². The van der Waals surface area contributed by atoms with E-state index in [2.05, 4.69) is 46.3 Å². The number of aromatic nitrogens is 1. The first-order valence-electron chi connectivity index (χ1n) is 10.5. The molecule has 31 heavy (non-hydrogen) atoms. The summed E-state index contributed by atoms with van der Waals surface area (Å²) in [5, 5.41) is 6.74. The Kier molecular flexibility index (Phi) is 10.6. The summed E-state index contributed by atoms with van der Waals surface area (Å²) in [5.41, 5.74) is 1.75.